The highest BCUT2D eigenvalue weighted by atomic mass is 32.1. The van der Waals surface area contributed by atoms with Crippen molar-refractivity contribution in [1.82, 2.24) is 10.2 Å². The number of carbonyl (C=O) groups excluding carboxylic acids is 1. The van der Waals surface area contributed by atoms with Crippen molar-refractivity contribution < 1.29 is 18.0 Å². The normalized spacial score (nSPS) is 10.5. The van der Waals surface area contributed by atoms with Gasteiger partial charge in [-0.3, -0.25) is 4.79 Å². The van der Waals surface area contributed by atoms with Gasteiger partial charge in [0.1, 0.15) is 0 Å². The minimum Gasteiger partial charge on any atom is -0.360 e. The van der Waals surface area contributed by atoms with Crippen LogP contribution in [0.4, 0.5) is 24.0 Å². The summed E-state index contributed by atoms with van der Waals surface area (Å²) in [5.74, 6) is -5.18. The van der Waals surface area contributed by atoms with Crippen LogP contribution in [0, 0.1) is 17.5 Å². The summed E-state index contributed by atoms with van der Waals surface area (Å²) in [6, 6.07) is 1.66. The summed E-state index contributed by atoms with van der Waals surface area (Å²) in [5, 5.41) is 12.9. The maximum absolute atomic E-state index is 13.4. The van der Waals surface area contributed by atoms with Crippen LogP contribution in [0.15, 0.2) is 12.1 Å². The fourth-order valence-corrected chi connectivity index (χ4v) is 2.08. The molecule has 0 aliphatic rings. The lowest BCUT2D eigenvalue weighted by molar-refractivity contribution is 0.102. The first-order valence-corrected chi connectivity index (χ1v) is 6.86. The van der Waals surface area contributed by atoms with Crippen LogP contribution in [-0.2, 0) is 0 Å². The third kappa shape index (κ3) is 3.48. The first-order valence-electron chi connectivity index (χ1n) is 6.05. The van der Waals surface area contributed by atoms with Gasteiger partial charge in [-0.15, -0.1) is 10.2 Å². The van der Waals surface area contributed by atoms with E-state index in [-0.39, 0.29) is 5.01 Å². The maximum atomic E-state index is 13.4. The van der Waals surface area contributed by atoms with E-state index < -0.39 is 29.0 Å². The number of rotatable bonds is 5. The number of aromatic nitrogens is 2. The molecule has 9 heteroatoms. The Hall–Kier alpha value is -2.16. The highest BCUT2D eigenvalue weighted by molar-refractivity contribution is 7.17. The Labute approximate surface area is 122 Å². The standard InChI is InChI=1S/C12H11F3N4OS/c1-2-5-16-12-19-18-11(21-12)10(20)17-7-4-3-6(13)8(14)9(7)15/h3-4H,2,5H2,1H3,(H,16,19)(H,17,20). The van der Waals surface area contributed by atoms with Gasteiger partial charge < -0.3 is 10.6 Å². The molecule has 1 aromatic heterocycles. The van der Waals surface area contributed by atoms with Gasteiger partial charge in [-0.05, 0) is 18.6 Å². The number of amides is 1. The first-order chi connectivity index (χ1) is 10.0. The number of benzene rings is 1. The molecule has 0 unspecified atom stereocenters. The van der Waals surface area contributed by atoms with Gasteiger partial charge in [0.05, 0.1) is 5.69 Å². The van der Waals surface area contributed by atoms with E-state index in [1.807, 2.05) is 6.92 Å². The number of hydrogen-bond donors (Lipinski definition) is 2. The number of halogens is 3. The molecule has 2 N–H and O–H groups in total. The van der Waals surface area contributed by atoms with Crippen LogP contribution in [0.2, 0.25) is 0 Å². The molecule has 0 saturated carbocycles. The summed E-state index contributed by atoms with van der Waals surface area (Å²) < 4.78 is 39.3. The second-order valence-electron chi connectivity index (χ2n) is 4.02. The molecule has 0 atom stereocenters. The molecule has 1 amide bonds. The maximum Gasteiger partial charge on any atom is 0.286 e. The number of nitrogens with one attached hydrogen (secondary N) is 2. The first kappa shape index (κ1) is 15.2. The molecule has 5 nitrogen and oxygen atoms in total. The van der Waals surface area contributed by atoms with Gasteiger partial charge in [0.15, 0.2) is 17.5 Å². The van der Waals surface area contributed by atoms with Crippen LogP contribution < -0.4 is 10.6 Å². The second-order valence-corrected chi connectivity index (χ2v) is 4.99. The lowest BCUT2D eigenvalue weighted by atomic mass is 10.3. The Kier molecular flexibility index (Phi) is 4.73. The average Bonchev–Trinajstić information content (AvgIpc) is 2.94. The van der Waals surface area contributed by atoms with Crippen molar-refractivity contribution in [2.75, 3.05) is 17.2 Å². The third-order valence-corrected chi connectivity index (χ3v) is 3.31. The molecule has 0 fully saturated rings. The van der Waals surface area contributed by atoms with Gasteiger partial charge in [-0.1, -0.05) is 18.3 Å². The molecule has 0 aliphatic heterocycles. The van der Waals surface area contributed by atoms with Gasteiger partial charge in [0.25, 0.3) is 5.91 Å². The zero-order valence-electron chi connectivity index (χ0n) is 10.9. The Bertz CT molecular complexity index is 662. The van der Waals surface area contributed by atoms with E-state index in [1.54, 1.807) is 0 Å². The highest BCUT2D eigenvalue weighted by Crippen LogP contribution is 2.21. The van der Waals surface area contributed by atoms with E-state index >= 15 is 0 Å². The molecule has 1 aromatic carbocycles. The van der Waals surface area contributed by atoms with Gasteiger partial charge in [0, 0.05) is 6.54 Å². The van der Waals surface area contributed by atoms with E-state index in [0.29, 0.717) is 11.7 Å². The third-order valence-electron chi connectivity index (χ3n) is 2.43. The van der Waals surface area contributed by atoms with Crippen molar-refractivity contribution in [3.8, 4) is 0 Å². The molecule has 0 aliphatic carbocycles. The van der Waals surface area contributed by atoms with Crippen molar-refractivity contribution in [2.24, 2.45) is 0 Å². The van der Waals surface area contributed by atoms with Gasteiger partial charge >= 0.3 is 0 Å². The summed E-state index contributed by atoms with van der Waals surface area (Å²) in [6.45, 7) is 2.64. The van der Waals surface area contributed by atoms with Crippen LogP contribution in [0.5, 0.6) is 0 Å². The Morgan fingerprint density at radius 1 is 1.24 bits per heavy atom. The van der Waals surface area contributed by atoms with Crippen LogP contribution in [0.3, 0.4) is 0 Å². The van der Waals surface area contributed by atoms with Crippen molar-refractivity contribution in [3.05, 3.63) is 34.6 Å². The molecule has 1 heterocycles. The quantitative estimate of drug-likeness (QED) is 0.832. The molecule has 21 heavy (non-hydrogen) atoms. The summed E-state index contributed by atoms with van der Waals surface area (Å²) >= 11 is 0.978. The Balaban J connectivity index is 2.11. The lowest BCUT2D eigenvalue weighted by Gasteiger charge is -2.05. The van der Waals surface area contributed by atoms with Crippen LogP contribution in [0.25, 0.3) is 0 Å². The minimum atomic E-state index is -1.64. The minimum absolute atomic E-state index is 0.0160. The molecule has 0 radical (unpaired) electrons. The average molecular weight is 316 g/mol. The fourth-order valence-electron chi connectivity index (χ4n) is 1.42. The zero-order valence-corrected chi connectivity index (χ0v) is 11.7. The lowest BCUT2D eigenvalue weighted by Crippen LogP contribution is -2.13. The predicted molar refractivity (Wildman–Crippen MR) is 73.0 cm³/mol. The summed E-state index contributed by atoms with van der Waals surface area (Å²) in [7, 11) is 0. The van der Waals surface area contributed by atoms with E-state index in [1.165, 1.54) is 0 Å². The largest absolute Gasteiger partial charge is 0.360 e. The van der Waals surface area contributed by atoms with Gasteiger partial charge in [0.2, 0.25) is 10.1 Å². The van der Waals surface area contributed by atoms with Crippen LogP contribution >= 0.6 is 11.3 Å². The predicted octanol–water partition coefficient (Wildman–Crippen LogP) is 3.03. The monoisotopic (exact) mass is 316 g/mol. The topological polar surface area (TPSA) is 66.9 Å². The molecule has 2 rings (SSSR count). The molecule has 0 saturated heterocycles. The van der Waals surface area contributed by atoms with E-state index in [0.717, 1.165) is 29.9 Å². The molecule has 0 spiro atoms. The fraction of sp³-hybridized carbons (Fsp3) is 0.250. The van der Waals surface area contributed by atoms with Crippen molar-refractivity contribution >= 4 is 28.1 Å². The smallest absolute Gasteiger partial charge is 0.286 e. The van der Waals surface area contributed by atoms with Gasteiger partial charge in [-0.2, -0.15) is 0 Å². The summed E-state index contributed by atoms with van der Waals surface area (Å²) in [4.78, 5) is 11.8. The van der Waals surface area contributed by atoms with Gasteiger partial charge in [-0.25, -0.2) is 13.2 Å². The number of anilines is 2. The zero-order chi connectivity index (χ0) is 15.4. The number of hydrogen-bond acceptors (Lipinski definition) is 5. The Morgan fingerprint density at radius 2 is 2.00 bits per heavy atom. The molecule has 0 bridgehead atoms. The summed E-state index contributed by atoms with van der Waals surface area (Å²) in [6.07, 6.45) is 0.876. The number of nitrogens with zero attached hydrogens (tertiary/aromatic N) is 2. The summed E-state index contributed by atoms with van der Waals surface area (Å²) in [5.41, 5.74) is -0.461. The SMILES string of the molecule is CCCNc1nnc(C(=O)Nc2ccc(F)c(F)c2F)s1. The molecular weight excluding hydrogens is 305 g/mol. The molecule has 112 valence electrons. The van der Waals surface area contributed by atoms with Crippen molar-refractivity contribution in [1.29, 1.82) is 0 Å². The van der Waals surface area contributed by atoms with Crippen LogP contribution in [0.1, 0.15) is 23.1 Å². The molecular formula is C12H11F3N4OS. The van der Waals surface area contributed by atoms with Crippen molar-refractivity contribution in [3.63, 3.8) is 0 Å². The number of carbonyl (C=O) groups is 1. The highest BCUT2D eigenvalue weighted by Gasteiger charge is 2.18. The van der Waals surface area contributed by atoms with Crippen molar-refractivity contribution in [2.45, 2.75) is 13.3 Å². The van der Waals surface area contributed by atoms with E-state index in [2.05, 4.69) is 20.8 Å². The Morgan fingerprint density at radius 3 is 2.71 bits per heavy atom. The van der Waals surface area contributed by atoms with E-state index in [4.69, 9.17) is 0 Å². The second kappa shape index (κ2) is 6.53. The van der Waals surface area contributed by atoms with Crippen LogP contribution in [-0.4, -0.2) is 22.6 Å². The van der Waals surface area contributed by atoms with E-state index in [9.17, 15) is 18.0 Å². The molecule has 2 aromatic rings.